The lowest BCUT2D eigenvalue weighted by Gasteiger charge is -2.41. The van der Waals surface area contributed by atoms with Gasteiger partial charge in [0.2, 0.25) is 5.91 Å². The molecular formula is C25H25N7O3. The van der Waals surface area contributed by atoms with Crippen molar-refractivity contribution in [3.63, 3.8) is 0 Å². The van der Waals surface area contributed by atoms with Crippen molar-refractivity contribution < 1.29 is 14.3 Å². The van der Waals surface area contributed by atoms with Crippen LogP contribution in [0.15, 0.2) is 30.9 Å². The Hall–Kier alpha value is -4.31. The Kier molecular flexibility index (Phi) is 5.87. The van der Waals surface area contributed by atoms with Gasteiger partial charge in [-0.15, -0.1) is 0 Å². The van der Waals surface area contributed by atoms with Crippen LogP contribution < -0.4 is 4.74 Å². The number of carbonyl (C=O) groups excluding carboxylic acids is 2. The normalized spacial score (nSPS) is 16.4. The Morgan fingerprint density at radius 1 is 1.09 bits per heavy atom. The van der Waals surface area contributed by atoms with Crippen LogP contribution in [0, 0.1) is 29.1 Å². The summed E-state index contributed by atoms with van der Waals surface area (Å²) in [7, 11) is 1.57. The first-order valence-corrected chi connectivity index (χ1v) is 11.5. The van der Waals surface area contributed by atoms with E-state index in [-0.39, 0.29) is 23.8 Å². The predicted octanol–water partition coefficient (Wildman–Crippen LogP) is 1.72. The van der Waals surface area contributed by atoms with E-state index in [0.29, 0.717) is 43.0 Å². The fraction of sp³-hybridized carbons (Fsp3) is 0.400. The molecule has 2 aliphatic rings. The Bertz CT molecular complexity index is 1390. The van der Waals surface area contributed by atoms with E-state index in [1.54, 1.807) is 23.4 Å². The molecule has 3 aromatic heterocycles. The van der Waals surface area contributed by atoms with Gasteiger partial charge in [0.25, 0.3) is 5.91 Å². The van der Waals surface area contributed by atoms with Crippen molar-refractivity contribution >= 4 is 17.3 Å². The average Bonchev–Trinajstić information content (AvgIpc) is 3.50. The summed E-state index contributed by atoms with van der Waals surface area (Å²) < 4.78 is 9.12. The van der Waals surface area contributed by atoms with E-state index in [2.05, 4.69) is 28.1 Å². The first-order chi connectivity index (χ1) is 17.0. The minimum Gasteiger partial charge on any atom is -0.494 e. The molecule has 0 aliphatic carbocycles. The van der Waals surface area contributed by atoms with Crippen molar-refractivity contribution in [2.24, 2.45) is 5.92 Å². The van der Waals surface area contributed by atoms with E-state index in [9.17, 15) is 14.9 Å². The number of piperidine rings is 1. The van der Waals surface area contributed by atoms with E-state index < -0.39 is 0 Å². The van der Waals surface area contributed by atoms with Crippen LogP contribution in [0.2, 0.25) is 0 Å². The Labute approximate surface area is 202 Å². The zero-order valence-corrected chi connectivity index (χ0v) is 19.6. The number of methoxy groups -OCH3 is 1. The lowest BCUT2D eigenvalue weighted by Crippen LogP contribution is -2.57. The lowest BCUT2D eigenvalue weighted by atomic mass is 9.96. The first-order valence-electron chi connectivity index (χ1n) is 11.5. The van der Waals surface area contributed by atoms with E-state index in [1.807, 2.05) is 34.2 Å². The Morgan fingerprint density at radius 2 is 1.86 bits per heavy atom. The summed E-state index contributed by atoms with van der Waals surface area (Å²) in [5.41, 5.74) is 2.91. The molecule has 0 bridgehead atoms. The smallest absolute Gasteiger partial charge is 0.298 e. The summed E-state index contributed by atoms with van der Waals surface area (Å²) in [6.45, 7) is 3.88. The molecule has 2 amide bonds. The largest absolute Gasteiger partial charge is 0.494 e. The fourth-order valence-electron chi connectivity index (χ4n) is 4.76. The standard InChI is InChI=1S/C25H25N7O3/c1-3-4-23(33)30-13-20(14-30)25(34)29-7-5-21(6-8-29)31-16-19(12-27-31)17-9-22(35-2)24-18(10-26)11-28-32(24)15-17/h9,11-12,15-16,20-21H,5-8,13-14H2,1-2H3. The molecule has 0 saturated carbocycles. The summed E-state index contributed by atoms with van der Waals surface area (Å²) in [4.78, 5) is 28.1. The van der Waals surface area contributed by atoms with Gasteiger partial charge in [0.1, 0.15) is 22.9 Å². The maximum atomic E-state index is 12.8. The molecule has 0 aromatic carbocycles. The molecule has 3 aromatic rings. The second-order valence-corrected chi connectivity index (χ2v) is 8.81. The van der Waals surface area contributed by atoms with Crippen LogP contribution in [-0.4, -0.2) is 74.3 Å². The van der Waals surface area contributed by atoms with Crippen LogP contribution in [0.4, 0.5) is 0 Å². The van der Waals surface area contributed by atoms with Crippen LogP contribution in [0.25, 0.3) is 16.6 Å². The van der Waals surface area contributed by atoms with E-state index in [0.717, 1.165) is 24.0 Å². The number of likely N-dealkylation sites (tertiary alicyclic amines) is 2. The third-order valence-corrected chi connectivity index (χ3v) is 6.75. The number of nitrogens with zero attached hydrogens (tertiary/aromatic N) is 7. The van der Waals surface area contributed by atoms with Crippen molar-refractivity contribution in [1.82, 2.24) is 29.2 Å². The molecule has 5 rings (SSSR count). The summed E-state index contributed by atoms with van der Waals surface area (Å²) in [6.07, 6.45) is 8.83. The zero-order chi connectivity index (χ0) is 24.5. The topological polar surface area (TPSA) is 109 Å². The third-order valence-electron chi connectivity index (χ3n) is 6.75. The van der Waals surface area contributed by atoms with Crippen LogP contribution in [0.5, 0.6) is 5.75 Å². The van der Waals surface area contributed by atoms with Crippen LogP contribution in [0.1, 0.15) is 31.4 Å². The van der Waals surface area contributed by atoms with Gasteiger partial charge in [-0.2, -0.15) is 15.5 Å². The van der Waals surface area contributed by atoms with Gasteiger partial charge in [-0.1, -0.05) is 5.92 Å². The number of rotatable bonds is 4. The molecule has 10 nitrogen and oxygen atoms in total. The van der Waals surface area contributed by atoms with Gasteiger partial charge in [-0.05, 0) is 31.8 Å². The number of hydrogen-bond donors (Lipinski definition) is 0. The number of nitriles is 1. The van der Waals surface area contributed by atoms with Gasteiger partial charge in [0.05, 0.1) is 31.5 Å². The maximum absolute atomic E-state index is 12.8. The van der Waals surface area contributed by atoms with Gasteiger partial charge in [-0.3, -0.25) is 14.3 Å². The molecule has 0 N–H and O–H groups in total. The van der Waals surface area contributed by atoms with Crippen molar-refractivity contribution in [2.75, 3.05) is 33.3 Å². The lowest BCUT2D eigenvalue weighted by molar-refractivity contribution is -0.146. The number of fused-ring (bicyclic) bond motifs is 1. The van der Waals surface area contributed by atoms with E-state index in [4.69, 9.17) is 4.74 Å². The molecule has 10 heteroatoms. The van der Waals surface area contributed by atoms with Gasteiger partial charge >= 0.3 is 0 Å². The Balaban J connectivity index is 1.22. The van der Waals surface area contributed by atoms with Gasteiger partial charge in [0, 0.05) is 49.7 Å². The molecule has 2 saturated heterocycles. The second-order valence-electron chi connectivity index (χ2n) is 8.81. The average molecular weight is 472 g/mol. The van der Waals surface area contributed by atoms with E-state index in [1.165, 1.54) is 6.20 Å². The highest BCUT2D eigenvalue weighted by Crippen LogP contribution is 2.31. The zero-order valence-electron chi connectivity index (χ0n) is 19.6. The predicted molar refractivity (Wildman–Crippen MR) is 126 cm³/mol. The highest BCUT2D eigenvalue weighted by Gasteiger charge is 2.38. The summed E-state index contributed by atoms with van der Waals surface area (Å²) >= 11 is 0. The molecular weight excluding hydrogens is 446 g/mol. The van der Waals surface area contributed by atoms with Crippen LogP contribution >= 0.6 is 0 Å². The highest BCUT2D eigenvalue weighted by atomic mass is 16.5. The summed E-state index contributed by atoms with van der Waals surface area (Å²) in [6, 6.07) is 4.23. The number of carbonyl (C=O) groups is 2. The SMILES string of the molecule is CC#CC(=O)N1CC(C(=O)N2CCC(n3cc(-c4cc(OC)c5c(C#N)cnn5c4)cn3)CC2)C1. The molecule has 2 aliphatic heterocycles. The maximum Gasteiger partial charge on any atom is 0.298 e. The fourth-order valence-corrected chi connectivity index (χ4v) is 4.76. The molecule has 35 heavy (non-hydrogen) atoms. The first kappa shape index (κ1) is 22.5. The second kappa shape index (κ2) is 9.15. The van der Waals surface area contributed by atoms with Gasteiger partial charge in [-0.25, -0.2) is 4.52 Å². The molecule has 5 heterocycles. The number of ether oxygens (including phenoxy) is 1. The molecule has 0 radical (unpaired) electrons. The Morgan fingerprint density at radius 3 is 2.54 bits per heavy atom. The summed E-state index contributed by atoms with van der Waals surface area (Å²) in [5, 5.41) is 18.2. The molecule has 0 spiro atoms. The number of pyridine rings is 1. The minimum atomic E-state index is -0.209. The monoisotopic (exact) mass is 471 g/mol. The molecule has 2 fully saturated rings. The van der Waals surface area contributed by atoms with Crippen LogP contribution in [0.3, 0.4) is 0 Å². The number of aromatic nitrogens is 4. The molecule has 178 valence electrons. The minimum absolute atomic E-state index is 0.120. The molecule has 0 unspecified atom stereocenters. The van der Waals surface area contributed by atoms with Crippen molar-refractivity contribution in [3.05, 3.63) is 36.4 Å². The van der Waals surface area contributed by atoms with Crippen molar-refractivity contribution in [2.45, 2.75) is 25.8 Å². The highest BCUT2D eigenvalue weighted by molar-refractivity contribution is 5.95. The summed E-state index contributed by atoms with van der Waals surface area (Å²) in [5.74, 6) is 5.49. The van der Waals surface area contributed by atoms with Gasteiger partial charge in [0.15, 0.2) is 0 Å². The van der Waals surface area contributed by atoms with Crippen molar-refractivity contribution in [3.8, 4) is 34.8 Å². The quantitative estimate of drug-likeness (QED) is 0.536. The van der Waals surface area contributed by atoms with Crippen LogP contribution in [-0.2, 0) is 9.59 Å². The number of amides is 2. The van der Waals surface area contributed by atoms with Crippen molar-refractivity contribution in [1.29, 1.82) is 5.26 Å². The van der Waals surface area contributed by atoms with Gasteiger partial charge < -0.3 is 14.5 Å². The number of hydrogen-bond acceptors (Lipinski definition) is 6. The third kappa shape index (κ3) is 4.08. The van der Waals surface area contributed by atoms with E-state index >= 15 is 0 Å². The molecule has 0 atom stereocenters.